The smallest absolute Gasteiger partial charge is 0.407 e. The van der Waals surface area contributed by atoms with Crippen molar-refractivity contribution in [1.29, 1.82) is 0 Å². The topological polar surface area (TPSA) is 181 Å². The number of H-pyrrole nitrogens is 2. The van der Waals surface area contributed by atoms with Gasteiger partial charge in [-0.2, -0.15) is 0 Å². The van der Waals surface area contributed by atoms with Crippen LogP contribution in [0.2, 0.25) is 0 Å². The number of nitrogens with zero attached hydrogens (tertiary/aromatic N) is 6. The van der Waals surface area contributed by atoms with Crippen LogP contribution in [0.15, 0.2) is 36.4 Å². The molecule has 69 heavy (non-hydrogen) atoms. The van der Waals surface area contributed by atoms with Crippen molar-refractivity contribution in [3.8, 4) is 0 Å². The van der Waals surface area contributed by atoms with Gasteiger partial charge in [-0.3, -0.25) is 9.59 Å². The van der Waals surface area contributed by atoms with Crippen molar-refractivity contribution in [2.24, 2.45) is 5.92 Å². The number of aromatic amines is 2. The molecule has 4 aliphatic rings. The quantitative estimate of drug-likeness (QED) is 0.0938. The molecule has 16 nitrogen and oxygen atoms in total. The van der Waals surface area contributed by atoms with Crippen LogP contribution in [0.25, 0.3) is 22.1 Å². The summed E-state index contributed by atoms with van der Waals surface area (Å²) in [5.41, 5.74) is 1.96. The van der Waals surface area contributed by atoms with Crippen LogP contribution in [0.5, 0.6) is 0 Å². The summed E-state index contributed by atoms with van der Waals surface area (Å²) >= 11 is 0. The highest BCUT2D eigenvalue weighted by Gasteiger charge is 2.42. The lowest BCUT2D eigenvalue weighted by molar-refractivity contribution is -0.135. The van der Waals surface area contributed by atoms with E-state index in [4.69, 9.17) is 14.7 Å². The number of piperidine rings is 1. The van der Waals surface area contributed by atoms with Crippen LogP contribution in [-0.4, -0.2) is 106 Å². The molecule has 4 fully saturated rings. The van der Waals surface area contributed by atoms with Crippen LogP contribution in [0.3, 0.4) is 0 Å². The number of anilines is 2. The molecule has 20 heteroatoms. The highest BCUT2D eigenvalue weighted by molar-refractivity contribution is 5.87. The lowest BCUT2D eigenvalue weighted by atomic mass is 10.0. The zero-order valence-corrected chi connectivity index (χ0v) is 39.3. The summed E-state index contributed by atoms with van der Waals surface area (Å²) in [6.07, 6.45) is 4.16. The molecule has 4 saturated heterocycles. The Bertz CT molecular complexity index is 2750. The second-order valence-corrected chi connectivity index (χ2v) is 18.9. The molecule has 0 radical (unpaired) electrons. The van der Waals surface area contributed by atoms with Gasteiger partial charge >= 0.3 is 12.2 Å². The number of imidazole rings is 2. The molecule has 3 aromatic carbocycles. The van der Waals surface area contributed by atoms with Gasteiger partial charge in [-0.25, -0.2) is 37.1 Å². The number of aromatic nitrogens is 4. The lowest BCUT2D eigenvalue weighted by Gasteiger charge is -2.35. The van der Waals surface area contributed by atoms with E-state index in [9.17, 15) is 19.2 Å². The predicted octanol–water partition coefficient (Wildman–Crippen LogP) is 8.52. The molecule has 0 aliphatic carbocycles. The number of hydrogen-bond donors (Lipinski definition) is 4. The van der Waals surface area contributed by atoms with E-state index < -0.39 is 71.7 Å². The van der Waals surface area contributed by atoms with E-state index in [2.05, 4.69) is 25.3 Å². The molecule has 6 heterocycles. The summed E-state index contributed by atoms with van der Waals surface area (Å²) in [5.74, 6) is -2.78. The normalized spacial score (nSPS) is 21.7. The number of benzene rings is 3. The monoisotopic (exact) mass is 958 g/mol. The Balaban J connectivity index is 1.07. The number of amides is 4. The summed E-state index contributed by atoms with van der Waals surface area (Å²) in [7, 11) is 2.44. The predicted molar refractivity (Wildman–Crippen MR) is 248 cm³/mol. The van der Waals surface area contributed by atoms with Crippen LogP contribution >= 0.6 is 0 Å². The Morgan fingerprint density at radius 2 is 1.10 bits per heavy atom. The number of rotatable bonds is 11. The van der Waals surface area contributed by atoms with Crippen molar-refractivity contribution < 1.29 is 46.2 Å². The zero-order valence-electron chi connectivity index (χ0n) is 39.3. The number of methoxy groups -OCH3 is 2. The number of carbonyl (C=O) groups is 4. The Hall–Kier alpha value is -6.60. The minimum Gasteiger partial charge on any atom is -0.453 e. The minimum absolute atomic E-state index is 0.114. The van der Waals surface area contributed by atoms with Crippen LogP contribution in [0.4, 0.5) is 38.5 Å². The third-order valence-corrected chi connectivity index (χ3v) is 14.3. The van der Waals surface area contributed by atoms with Crippen molar-refractivity contribution in [2.75, 3.05) is 50.2 Å². The van der Waals surface area contributed by atoms with Crippen molar-refractivity contribution in [3.63, 3.8) is 0 Å². The third kappa shape index (κ3) is 9.09. The Labute approximate surface area is 396 Å². The van der Waals surface area contributed by atoms with E-state index in [0.717, 1.165) is 19.3 Å². The van der Waals surface area contributed by atoms with Gasteiger partial charge in [0.25, 0.3) is 0 Å². The maximum Gasteiger partial charge on any atom is 0.407 e. The Morgan fingerprint density at radius 1 is 0.609 bits per heavy atom. The number of ether oxygens (including phenoxy) is 2. The van der Waals surface area contributed by atoms with Gasteiger partial charge in [0.1, 0.15) is 41.1 Å². The molecule has 2 aromatic heterocycles. The maximum atomic E-state index is 16.8. The number of halogens is 4. The van der Waals surface area contributed by atoms with Gasteiger partial charge < -0.3 is 49.7 Å². The first-order chi connectivity index (χ1) is 33.1. The summed E-state index contributed by atoms with van der Waals surface area (Å²) in [6.45, 7) is 7.06. The minimum atomic E-state index is -0.869. The van der Waals surface area contributed by atoms with Gasteiger partial charge in [0.05, 0.1) is 60.5 Å². The average molecular weight is 959 g/mol. The standard InChI is InChI=1S/C49H58F4N10O6/c1-25(2)42(59-49(67)69-5)47(65)62-18-10-12-41(62)45-56-35-22-29(31(51)24-37(35)58-45)39-14-13-38(63(39)27-19-32(52)43(33(53)20-27)60-15-7-6-8-16-60)28-21-34-36(23-30(28)50)57-44(55-34)40-11-9-17-61(40)46(64)26(3)54-48(66)68-4/h19-26,38-42H,6-18H2,1-5H3,(H,54,66)(H,55,57)(H,56,58)(H,59,67)/t26-,38+,39+,40-,41-,42?/m0/s1. The van der Waals surface area contributed by atoms with Gasteiger partial charge in [0, 0.05) is 55.1 Å². The fraction of sp³-hybridized carbons (Fsp3) is 0.510. The van der Waals surface area contributed by atoms with Crippen molar-refractivity contribution >= 4 is 57.4 Å². The summed E-state index contributed by atoms with van der Waals surface area (Å²) in [4.78, 5) is 74.1. The molecule has 4 N–H and O–H groups in total. The van der Waals surface area contributed by atoms with E-state index in [0.29, 0.717) is 85.6 Å². The highest BCUT2D eigenvalue weighted by Crippen LogP contribution is 2.50. The molecular formula is C49H58F4N10O6. The first kappa shape index (κ1) is 47.5. The van der Waals surface area contributed by atoms with Crippen molar-refractivity contribution in [2.45, 2.75) is 115 Å². The molecule has 368 valence electrons. The first-order valence-corrected chi connectivity index (χ1v) is 23.9. The molecule has 6 atom stereocenters. The fourth-order valence-corrected chi connectivity index (χ4v) is 10.9. The average Bonchev–Trinajstić information content (AvgIpc) is 4.19. The van der Waals surface area contributed by atoms with Crippen molar-refractivity contribution in [3.05, 3.63) is 82.4 Å². The zero-order chi connectivity index (χ0) is 48.8. The summed E-state index contributed by atoms with van der Waals surface area (Å²) < 4.78 is 75.7. The van der Waals surface area contributed by atoms with Crippen LogP contribution in [0.1, 0.15) is 126 Å². The number of nitrogens with one attached hydrogen (secondary N) is 4. The second kappa shape index (κ2) is 19.4. The number of fused-ring (bicyclic) bond motifs is 2. The number of likely N-dealkylation sites (tertiary alicyclic amines) is 2. The lowest BCUT2D eigenvalue weighted by Crippen LogP contribution is -2.51. The molecule has 4 aliphatic heterocycles. The van der Waals surface area contributed by atoms with Gasteiger partial charge in [0.2, 0.25) is 11.8 Å². The summed E-state index contributed by atoms with van der Waals surface area (Å²) in [6, 6.07) is 4.02. The molecular weight excluding hydrogens is 901 g/mol. The Kier molecular flexibility index (Phi) is 13.4. The molecule has 1 unspecified atom stereocenters. The van der Waals surface area contributed by atoms with E-state index in [1.807, 2.05) is 13.8 Å². The molecule has 0 saturated carbocycles. The van der Waals surface area contributed by atoms with Crippen LogP contribution in [0, 0.1) is 29.2 Å². The first-order valence-electron chi connectivity index (χ1n) is 23.9. The SMILES string of the molecule is COC(=O)NC(C(=O)N1CCC[C@H]1c1nc2cc(F)c([C@H]3CC[C@H](c4cc5[nH]c([C@@H]6CCCN6C(=O)[C@H](C)NC(=O)OC)nc5cc4F)N3c3cc(F)c(N4CCCCC4)c(F)c3)cc2[nH]1)C(C)C. The van der Waals surface area contributed by atoms with Crippen LogP contribution in [-0.2, 0) is 19.1 Å². The molecule has 4 amide bonds. The van der Waals surface area contributed by atoms with Gasteiger partial charge in [-0.1, -0.05) is 13.8 Å². The number of carbonyl (C=O) groups excluding carboxylic acids is 4. The number of hydrogen-bond acceptors (Lipinski definition) is 10. The maximum absolute atomic E-state index is 16.8. The van der Waals surface area contributed by atoms with E-state index >= 15 is 17.6 Å². The third-order valence-electron chi connectivity index (χ3n) is 14.3. The van der Waals surface area contributed by atoms with Gasteiger partial charge in [-0.05, 0) is 94.9 Å². The van der Waals surface area contributed by atoms with Crippen molar-refractivity contribution in [1.82, 2.24) is 40.4 Å². The Morgan fingerprint density at radius 3 is 1.59 bits per heavy atom. The molecule has 0 bridgehead atoms. The van der Waals surface area contributed by atoms with Crippen LogP contribution < -0.4 is 20.4 Å². The van der Waals surface area contributed by atoms with Gasteiger partial charge in [-0.15, -0.1) is 0 Å². The van der Waals surface area contributed by atoms with E-state index in [1.54, 1.807) is 38.7 Å². The molecule has 9 rings (SSSR count). The highest BCUT2D eigenvalue weighted by atomic mass is 19.1. The fourth-order valence-electron chi connectivity index (χ4n) is 10.9. The van der Waals surface area contributed by atoms with E-state index in [-0.39, 0.29) is 53.1 Å². The molecule has 5 aromatic rings. The second-order valence-electron chi connectivity index (χ2n) is 18.9. The van der Waals surface area contributed by atoms with Gasteiger partial charge in [0.15, 0.2) is 11.6 Å². The largest absolute Gasteiger partial charge is 0.453 e. The summed E-state index contributed by atoms with van der Waals surface area (Å²) in [5, 5.41) is 5.16. The molecule has 0 spiro atoms. The van der Waals surface area contributed by atoms with E-state index in [1.165, 1.54) is 38.5 Å². The number of alkyl carbamates (subject to hydrolysis) is 2.